The fraction of sp³-hybridized carbons (Fsp3) is 0.125. The molecule has 0 bridgehead atoms. The van der Waals surface area contributed by atoms with Gasteiger partial charge in [-0.05, 0) is 18.6 Å². The molecule has 0 amide bonds. The van der Waals surface area contributed by atoms with Crippen LogP contribution in [0.25, 0.3) is 0 Å². The minimum absolute atomic E-state index is 0.423. The van der Waals surface area contributed by atoms with Gasteiger partial charge in [-0.2, -0.15) is 0 Å². The van der Waals surface area contributed by atoms with Crippen molar-refractivity contribution in [1.82, 2.24) is 0 Å². The molecular weight excluding hydrogens is 188 g/mol. The van der Waals surface area contributed by atoms with Crippen molar-refractivity contribution < 1.29 is 0 Å². The van der Waals surface area contributed by atoms with E-state index in [2.05, 4.69) is 17.9 Å². The van der Waals surface area contributed by atoms with Gasteiger partial charge in [0, 0.05) is 0 Å². The number of thiol groups is 1. The maximum Gasteiger partial charge on any atom is 0.135 e. The highest BCUT2D eigenvalue weighted by atomic mass is 32.1. The van der Waals surface area contributed by atoms with E-state index in [9.17, 15) is 0 Å². The van der Waals surface area contributed by atoms with Crippen molar-refractivity contribution in [3.63, 3.8) is 0 Å². The Labute approximate surface area is 82.6 Å². The third kappa shape index (κ3) is 2.12. The van der Waals surface area contributed by atoms with Crippen molar-refractivity contribution >= 4 is 40.5 Å². The van der Waals surface area contributed by atoms with Crippen LogP contribution in [0.3, 0.4) is 0 Å². The number of nitrogens with one attached hydrogen (secondary N) is 1. The monoisotopic (exact) mass is 198 g/mol. The molecule has 4 heteroatoms. The van der Waals surface area contributed by atoms with Crippen molar-refractivity contribution in [1.29, 1.82) is 0 Å². The van der Waals surface area contributed by atoms with Crippen LogP contribution in [-0.2, 0) is 0 Å². The molecule has 0 aromatic heterocycles. The van der Waals surface area contributed by atoms with E-state index >= 15 is 0 Å². The molecule has 0 saturated heterocycles. The number of rotatable bonds is 1. The molecule has 0 saturated carbocycles. The third-order valence-corrected chi connectivity index (χ3v) is 1.78. The van der Waals surface area contributed by atoms with Gasteiger partial charge in [-0.25, -0.2) is 0 Å². The van der Waals surface area contributed by atoms with Crippen LogP contribution in [0, 0.1) is 6.92 Å². The lowest BCUT2D eigenvalue weighted by Gasteiger charge is -2.08. The summed E-state index contributed by atoms with van der Waals surface area (Å²) in [7, 11) is 0. The van der Waals surface area contributed by atoms with Gasteiger partial charge in [0.05, 0.1) is 11.4 Å². The van der Waals surface area contributed by atoms with Crippen molar-refractivity contribution in [3.8, 4) is 0 Å². The maximum atomic E-state index is 5.77. The van der Waals surface area contributed by atoms with Gasteiger partial charge >= 0.3 is 0 Å². The molecule has 0 unspecified atom stereocenters. The number of para-hydroxylation sites is 1. The first kappa shape index (κ1) is 9.35. The van der Waals surface area contributed by atoms with Gasteiger partial charge in [-0.1, -0.05) is 24.4 Å². The smallest absolute Gasteiger partial charge is 0.135 e. The Hall–Kier alpha value is -0.740. The van der Waals surface area contributed by atoms with Crippen LogP contribution < -0.4 is 11.1 Å². The summed E-state index contributed by atoms with van der Waals surface area (Å²) in [5.74, 6) is 0. The van der Waals surface area contributed by atoms with Crippen LogP contribution in [-0.4, -0.2) is 4.32 Å². The second kappa shape index (κ2) is 3.78. The molecular formula is C8H10N2S2. The summed E-state index contributed by atoms with van der Waals surface area (Å²) in [6.07, 6.45) is 0. The minimum atomic E-state index is 0.423. The molecule has 0 fully saturated rings. The van der Waals surface area contributed by atoms with E-state index in [0.717, 1.165) is 11.3 Å². The summed E-state index contributed by atoms with van der Waals surface area (Å²) in [4.78, 5) is 0. The van der Waals surface area contributed by atoms with Gasteiger partial charge in [0.1, 0.15) is 4.32 Å². The normalized spacial score (nSPS) is 9.50. The minimum Gasteiger partial charge on any atom is -0.397 e. The SMILES string of the molecule is Cc1cccc(NC(=S)S)c1N. The van der Waals surface area contributed by atoms with E-state index < -0.39 is 0 Å². The van der Waals surface area contributed by atoms with E-state index in [1.165, 1.54) is 0 Å². The number of benzene rings is 1. The number of nitrogens with two attached hydrogens (primary N) is 1. The molecule has 0 aliphatic rings. The average molecular weight is 198 g/mol. The maximum absolute atomic E-state index is 5.77. The van der Waals surface area contributed by atoms with Crippen LogP contribution in [0.2, 0.25) is 0 Å². The summed E-state index contributed by atoms with van der Waals surface area (Å²) in [6, 6.07) is 5.73. The van der Waals surface area contributed by atoms with Crippen LogP contribution in [0.1, 0.15) is 5.56 Å². The van der Waals surface area contributed by atoms with E-state index in [4.69, 9.17) is 18.0 Å². The highest BCUT2D eigenvalue weighted by Crippen LogP contribution is 2.21. The number of anilines is 2. The van der Waals surface area contributed by atoms with E-state index in [1.807, 2.05) is 25.1 Å². The molecule has 1 rings (SSSR count). The van der Waals surface area contributed by atoms with E-state index in [-0.39, 0.29) is 0 Å². The molecule has 0 atom stereocenters. The van der Waals surface area contributed by atoms with Crippen LogP contribution in [0.5, 0.6) is 0 Å². The Balaban J connectivity index is 3.00. The number of thiocarbonyl (C=S) groups is 1. The van der Waals surface area contributed by atoms with Gasteiger partial charge in [-0.15, -0.1) is 12.6 Å². The molecule has 64 valence electrons. The highest BCUT2D eigenvalue weighted by molar-refractivity contribution is 8.11. The van der Waals surface area contributed by atoms with Crippen LogP contribution in [0.15, 0.2) is 18.2 Å². The molecule has 2 nitrogen and oxygen atoms in total. The summed E-state index contributed by atoms with van der Waals surface area (Å²) in [5, 5.41) is 2.88. The Bertz CT molecular complexity index is 310. The number of hydrogen-bond acceptors (Lipinski definition) is 2. The Morgan fingerprint density at radius 1 is 1.58 bits per heavy atom. The van der Waals surface area contributed by atoms with Gasteiger partial charge in [-0.3, -0.25) is 0 Å². The lowest BCUT2D eigenvalue weighted by atomic mass is 10.2. The van der Waals surface area contributed by atoms with Crippen molar-refractivity contribution in [3.05, 3.63) is 23.8 Å². The molecule has 0 radical (unpaired) electrons. The first-order valence-electron chi connectivity index (χ1n) is 3.46. The average Bonchev–Trinajstić information content (AvgIpc) is 1.98. The number of hydrogen-bond donors (Lipinski definition) is 3. The zero-order valence-electron chi connectivity index (χ0n) is 6.66. The summed E-state index contributed by atoms with van der Waals surface area (Å²) in [6.45, 7) is 1.95. The molecule has 0 spiro atoms. The first-order chi connectivity index (χ1) is 5.61. The van der Waals surface area contributed by atoms with Gasteiger partial charge in [0.25, 0.3) is 0 Å². The summed E-state index contributed by atoms with van der Waals surface area (Å²) >= 11 is 8.73. The zero-order valence-corrected chi connectivity index (χ0v) is 8.38. The van der Waals surface area contributed by atoms with E-state index in [1.54, 1.807) is 0 Å². The van der Waals surface area contributed by atoms with Crippen molar-refractivity contribution in [2.75, 3.05) is 11.1 Å². The quantitative estimate of drug-likeness (QED) is 0.368. The predicted octanol–water partition coefficient (Wildman–Crippen LogP) is 2.20. The van der Waals surface area contributed by atoms with Gasteiger partial charge < -0.3 is 11.1 Å². The Morgan fingerprint density at radius 3 is 2.83 bits per heavy atom. The number of nitrogen functional groups attached to an aromatic ring is 1. The van der Waals surface area contributed by atoms with E-state index in [0.29, 0.717) is 10.0 Å². The van der Waals surface area contributed by atoms with Crippen LogP contribution >= 0.6 is 24.8 Å². The van der Waals surface area contributed by atoms with Gasteiger partial charge in [0.2, 0.25) is 0 Å². The Kier molecular flexibility index (Phi) is 2.94. The summed E-state index contributed by atoms with van der Waals surface area (Å²) < 4.78 is 0.423. The molecule has 1 aromatic carbocycles. The molecule has 12 heavy (non-hydrogen) atoms. The lowest BCUT2D eigenvalue weighted by Crippen LogP contribution is -2.04. The second-order valence-corrected chi connectivity index (χ2v) is 3.62. The van der Waals surface area contributed by atoms with Crippen LogP contribution in [0.4, 0.5) is 11.4 Å². The fourth-order valence-corrected chi connectivity index (χ4v) is 1.14. The topological polar surface area (TPSA) is 38.0 Å². The predicted molar refractivity (Wildman–Crippen MR) is 60.8 cm³/mol. The number of aryl methyl sites for hydroxylation is 1. The molecule has 1 aromatic rings. The molecule has 0 aliphatic carbocycles. The summed E-state index contributed by atoms with van der Waals surface area (Å²) in [5.41, 5.74) is 8.34. The van der Waals surface area contributed by atoms with Crippen molar-refractivity contribution in [2.45, 2.75) is 6.92 Å². The fourth-order valence-electron chi connectivity index (χ4n) is 0.905. The zero-order chi connectivity index (χ0) is 9.14. The first-order valence-corrected chi connectivity index (χ1v) is 4.32. The van der Waals surface area contributed by atoms with Crippen molar-refractivity contribution in [2.24, 2.45) is 0 Å². The standard InChI is InChI=1S/C8H10N2S2/c1-5-3-2-4-6(7(5)9)10-8(11)12/h2-4H,9H2,1H3,(H2,10,11,12). The van der Waals surface area contributed by atoms with Gasteiger partial charge in [0.15, 0.2) is 0 Å². The molecule has 0 heterocycles. The second-order valence-electron chi connectivity index (χ2n) is 2.47. The molecule has 0 aliphatic heterocycles. The third-order valence-electron chi connectivity index (χ3n) is 1.57. The molecule has 3 N–H and O–H groups in total. The Morgan fingerprint density at radius 2 is 2.25 bits per heavy atom. The lowest BCUT2D eigenvalue weighted by molar-refractivity contribution is 1.47. The largest absolute Gasteiger partial charge is 0.397 e. The highest BCUT2D eigenvalue weighted by Gasteiger charge is 2.00.